The minimum atomic E-state index is -0.942. The van der Waals surface area contributed by atoms with Gasteiger partial charge < -0.3 is 14.7 Å². The van der Waals surface area contributed by atoms with E-state index in [-0.39, 0.29) is 12.1 Å². The van der Waals surface area contributed by atoms with E-state index in [0.717, 1.165) is 0 Å². The van der Waals surface area contributed by atoms with Crippen molar-refractivity contribution < 1.29 is 19.0 Å². The summed E-state index contributed by atoms with van der Waals surface area (Å²) >= 11 is 0. The molecule has 0 saturated carbocycles. The number of aliphatic hydroxyl groups is 1. The number of likely N-dealkylation sites (N-methyl/N-ethyl adjacent to an activating group) is 1. The molecule has 4 nitrogen and oxygen atoms in total. The molecule has 1 aliphatic rings. The Morgan fingerprint density at radius 1 is 1.45 bits per heavy atom. The van der Waals surface area contributed by atoms with Crippen molar-refractivity contribution in [1.82, 2.24) is 4.90 Å². The molecule has 2 rings (SSSR count). The van der Waals surface area contributed by atoms with Crippen molar-refractivity contribution in [2.45, 2.75) is 25.4 Å². The zero-order valence-corrected chi connectivity index (χ0v) is 11.9. The fourth-order valence-electron chi connectivity index (χ4n) is 2.44. The smallest absolute Gasteiger partial charge is 0.256 e. The van der Waals surface area contributed by atoms with Crippen LogP contribution >= 0.6 is 0 Å². The summed E-state index contributed by atoms with van der Waals surface area (Å²) in [6.45, 7) is 2.77. The van der Waals surface area contributed by atoms with E-state index in [1.54, 1.807) is 26.1 Å². The summed E-state index contributed by atoms with van der Waals surface area (Å²) in [4.78, 5) is 13.7. The normalized spacial score (nSPS) is 17.8. The number of carbonyl (C=O) groups excluding carboxylic acids is 1. The first kappa shape index (κ1) is 14.9. The number of hydrogen-bond donors (Lipinski definition) is 1. The van der Waals surface area contributed by atoms with Crippen LogP contribution in [-0.2, 0) is 4.74 Å². The highest BCUT2D eigenvalue weighted by molar-refractivity contribution is 5.94. The number of nitrogens with zero attached hydrogens (tertiary/aromatic N) is 1. The topological polar surface area (TPSA) is 49.8 Å². The van der Waals surface area contributed by atoms with E-state index in [1.807, 2.05) is 0 Å². The second-order valence-corrected chi connectivity index (χ2v) is 5.43. The van der Waals surface area contributed by atoms with Crippen LogP contribution in [0.3, 0.4) is 0 Å². The van der Waals surface area contributed by atoms with Crippen molar-refractivity contribution in [2.24, 2.45) is 0 Å². The van der Waals surface area contributed by atoms with Crippen LogP contribution in [0.1, 0.15) is 28.8 Å². The third-order valence-electron chi connectivity index (χ3n) is 3.72. The summed E-state index contributed by atoms with van der Waals surface area (Å²) < 4.78 is 19.2. The molecule has 0 aliphatic carbocycles. The minimum absolute atomic E-state index is 0.0446. The average Bonchev–Trinajstić information content (AvgIpc) is 2.41. The summed E-state index contributed by atoms with van der Waals surface area (Å²) in [5.74, 6) is -0.908. The molecule has 0 aromatic heterocycles. The van der Waals surface area contributed by atoms with Gasteiger partial charge >= 0.3 is 0 Å². The Kier molecular flexibility index (Phi) is 4.40. The molecule has 1 saturated heterocycles. The molecule has 0 unspecified atom stereocenters. The number of rotatable bonds is 3. The number of benzene rings is 1. The molecule has 1 aromatic carbocycles. The summed E-state index contributed by atoms with van der Waals surface area (Å²) in [5.41, 5.74) is -0.458. The van der Waals surface area contributed by atoms with Crippen LogP contribution in [0.4, 0.5) is 4.39 Å². The van der Waals surface area contributed by atoms with Gasteiger partial charge in [-0.2, -0.15) is 0 Å². The second kappa shape index (κ2) is 5.89. The van der Waals surface area contributed by atoms with E-state index < -0.39 is 17.3 Å². The Balaban J connectivity index is 2.10. The molecule has 1 aliphatic heterocycles. The van der Waals surface area contributed by atoms with Crippen molar-refractivity contribution in [3.8, 4) is 0 Å². The molecule has 1 aromatic rings. The molecule has 0 radical (unpaired) electrons. The van der Waals surface area contributed by atoms with Crippen molar-refractivity contribution in [2.75, 3.05) is 26.8 Å². The maximum Gasteiger partial charge on any atom is 0.256 e. The molecule has 0 bridgehead atoms. The number of aryl methyl sites for hydroxylation is 1. The van der Waals surface area contributed by atoms with Crippen molar-refractivity contribution in [3.63, 3.8) is 0 Å². The molecule has 5 heteroatoms. The van der Waals surface area contributed by atoms with Gasteiger partial charge in [0, 0.05) is 39.6 Å². The first-order valence-electron chi connectivity index (χ1n) is 6.74. The summed E-state index contributed by atoms with van der Waals surface area (Å²) in [6.07, 6.45) is 0.974. The number of ether oxygens (including phenoxy) is 1. The Morgan fingerprint density at radius 2 is 2.10 bits per heavy atom. The first-order chi connectivity index (χ1) is 9.43. The van der Waals surface area contributed by atoms with Crippen LogP contribution in [0.25, 0.3) is 0 Å². The van der Waals surface area contributed by atoms with Gasteiger partial charge in [-0.05, 0) is 18.6 Å². The highest BCUT2D eigenvalue weighted by Gasteiger charge is 2.33. The monoisotopic (exact) mass is 281 g/mol. The number of halogens is 1. The van der Waals surface area contributed by atoms with E-state index in [1.165, 1.54) is 11.0 Å². The highest BCUT2D eigenvalue weighted by atomic mass is 19.1. The van der Waals surface area contributed by atoms with Gasteiger partial charge in [0.2, 0.25) is 0 Å². The fraction of sp³-hybridized carbons (Fsp3) is 0.533. The Bertz CT molecular complexity index is 498. The summed E-state index contributed by atoms with van der Waals surface area (Å²) in [7, 11) is 1.58. The van der Waals surface area contributed by atoms with Crippen LogP contribution in [0.2, 0.25) is 0 Å². The van der Waals surface area contributed by atoms with Gasteiger partial charge in [-0.25, -0.2) is 4.39 Å². The maximum atomic E-state index is 14.0. The Labute approximate surface area is 118 Å². The van der Waals surface area contributed by atoms with Gasteiger partial charge in [0.15, 0.2) is 0 Å². The molecule has 1 fully saturated rings. The van der Waals surface area contributed by atoms with Crippen LogP contribution in [0.5, 0.6) is 0 Å². The zero-order chi connectivity index (χ0) is 14.8. The first-order valence-corrected chi connectivity index (χ1v) is 6.74. The molecule has 0 spiro atoms. The second-order valence-electron chi connectivity index (χ2n) is 5.43. The Hall–Kier alpha value is -1.46. The van der Waals surface area contributed by atoms with E-state index in [0.29, 0.717) is 31.6 Å². The number of amides is 1. The number of carbonyl (C=O) groups is 1. The SMILES string of the molecule is Cc1cccc(C(=O)N(C)CC2(O)CCOCC2)c1F. The van der Waals surface area contributed by atoms with Crippen LogP contribution in [0.15, 0.2) is 18.2 Å². The van der Waals surface area contributed by atoms with Gasteiger partial charge in [0.05, 0.1) is 11.2 Å². The van der Waals surface area contributed by atoms with E-state index in [2.05, 4.69) is 0 Å². The van der Waals surface area contributed by atoms with Gasteiger partial charge in [0.1, 0.15) is 5.82 Å². The predicted molar refractivity (Wildman–Crippen MR) is 73.1 cm³/mol. The lowest BCUT2D eigenvalue weighted by Crippen LogP contribution is -2.47. The lowest BCUT2D eigenvalue weighted by Gasteiger charge is -2.35. The highest BCUT2D eigenvalue weighted by Crippen LogP contribution is 2.22. The van der Waals surface area contributed by atoms with Crippen molar-refractivity contribution in [3.05, 3.63) is 35.1 Å². The van der Waals surface area contributed by atoms with Gasteiger partial charge in [0.25, 0.3) is 5.91 Å². The van der Waals surface area contributed by atoms with E-state index in [9.17, 15) is 14.3 Å². The molecule has 1 heterocycles. The molecule has 0 atom stereocenters. The minimum Gasteiger partial charge on any atom is -0.388 e. The van der Waals surface area contributed by atoms with Gasteiger partial charge in [-0.15, -0.1) is 0 Å². The third kappa shape index (κ3) is 3.16. The molecule has 20 heavy (non-hydrogen) atoms. The predicted octanol–water partition coefficient (Wildman–Crippen LogP) is 1.75. The molecule has 1 N–H and O–H groups in total. The number of hydrogen-bond acceptors (Lipinski definition) is 3. The molecule has 110 valence electrons. The van der Waals surface area contributed by atoms with Crippen LogP contribution in [0, 0.1) is 12.7 Å². The van der Waals surface area contributed by atoms with Crippen LogP contribution in [-0.4, -0.2) is 48.3 Å². The van der Waals surface area contributed by atoms with E-state index >= 15 is 0 Å². The quantitative estimate of drug-likeness (QED) is 0.918. The lowest BCUT2D eigenvalue weighted by molar-refractivity contribution is -0.0734. The standard InChI is InChI=1S/C15H20FNO3/c1-11-4-3-5-12(13(11)16)14(18)17(2)10-15(19)6-8-20-9-7-15/h3-5,19H,6-10H2,1-2H3. The molecular weight excluding hydrogens is 261 g/mol. The molecule has 1 amide bonds. The van der Waals surface area contributed by atoms with E-state index in [4.69, 9.17) is 4.74 Å². The summed E-state index contributed by atoms with van der Waals surface area (Å²) in [5, 5.41) is 10.4. The fourth-order valence-corrected chi connectivity index (χ4v) is 2.44. The molecular formula is C15H20FNO3. The zero-order valence-electron chi connectivity index (χ0n) is 11.9. The van der Waals surface area contributed by atoms with Gasteiger partial charge in [-0.3, -0.25) is 4.79 Å². The average molecular weight is 281 g/mol. The van der Waals surface area contributed by atoms with Crippen molar-refractivity contribution >= 4 is 5.91 Å². The largest absolute Gasteiger partial charge is 0.388 e. The third-order valence-corrected chi connectivity index (χ3v) is 3.72. The van der Waals surface area contributed by atoms with Crippen LogP contribution < -0.4 is 0 Å². The maximum absolute atomic E-state index is 14.0. The Morgan fingerprint density at radius 3 is 2.75 bits per heavy atom. The summed E-state index contributed by atoms with van der Waals surface area (Å²) in [6, 6.07) is 4.75. The van der Waals surface area contributed by atoms with Crippen molar-refractivity contribution in [1.29, 1.82) is 0 Å². The lowest BCUT2D eigenvalue weighted by atomic mass is 9.93. The van der Waals surface area contributed by atoms with Gasteiger partial charge in [-0.1, -0.05) is 12.1 Å².